The Balaban J connectivity index is 1.34. The quantitative estimate of drug-likeness (QED) is 0.180. The fourth-order valence-corrected chi connectivity index (χ4v) is 8.03. The number of phenols is 1. The average molecular weight is 633 g/mol. The molecule has 6 rings (SSSR count). The second-order valence-electron chi connectivity index (χ2n) is 13.2. The molecule has 1 aliphatic heterocycles. The highest BCUT2D eigenvalue weighted by atomic mass is 16.4. The molecule has 1 amide bonds. The van der Waals surface area contributed by atoms with E-state index < -0.39 is 75.6 Å². The standard InChI is InChI=1S/C34H40N4O8/c1-16-19-9-10-20(36-18-11-13-38(14-12-18)15-17-7-5-4-6-8-17)27(39)22(19)28(40)23-21(16)29(41)25-26(37(2)3)30(42)24(33(35)45)32(44)34(25,46)31(23)43/h4-10,16,18,21,25-26,29,36,39-41,44,46H,11-15H2,1-3H3,(H2,35,45)/t16-,21+,25+,26-,29-,34-/m1/s1. The summed E-state index contributed by atoms with van der Waals surface area (Å²) in [7, 11) is 2.95. The maximum atomic E-state index is 14.2. The van der Waals surface area contributed by atoms with Crippen LogP contribution in [0.3, 0.4) is 0 Å². The van der Waals surface area contributed by atoms with Gasteiger partial charge in [0, 0.05) is 37.2 Å². The van der Waals surface area contributed by atoms with Crippen LogP contribution in [-0.2, 0) is 20.9 Å². The lowest BCUT2D eigenvalue weighted by molar-refractivity contribution is -0.169. The molecule has 0 unspecified atom stereocenters. The van der Waals surface area contributed by atoms with Crippen molar-refractivity contribution >= 4 is 28.9 Å². The lowest BCUT2D eigenvalue weighted by Gasteiger charge is -2.53. The van der Waals surface area contributed by atoms with Crippen LogP contribution < -0.4 is 11.1 Å². The van der Waals surface area contributed by atoms with E-state index in [1.807, 2.05) is 18.2 Å². The number of carbonyl (C=O) groups excluding carboxylic acids is 3. The maximum Gasteiger partial charge on any atom is 0.255 e. The molecule has 244 valence electrons. The third kappa shape index (κ3) is 4.70. The number of nitrogens with zero attached hydrogens (tertiary/aromatic N) is 2. The van der Waals surface area contributed by atoms with Crippen LogP contribution in [0, 0.1) is 11.8 Å². The first-order valence-corrected chi connectivity index (χ1v) is 15.5. The smallest absolute Gasteiger partial charge is 0.255 e. The van der Waals surface area contributed by atoms with Gasteiger partial charge in [-0.15, -0.1) is 0 Å². The Labute approximate surface area is 266 Å². The minimum absolute atomic E-state index is 0.0255. The number of phenolic OH excluding ortho intramolecular Hbond substituents is 1. The van der Waals surface area contributed by atoms with Gasteiger partial charge in [-0.1, -0.05) is 43.3 Å². The van der Waals surface area contributed by atoms with Crippen molar-refractivity contribution in [2.24, 2.45) is 17.6 Å². The molecule has 3 aliphatic carbocycles. The molecule has 46 heavy (non-hydrogen) atoms. The number of carbonyl (C=O) groups is 3. The summed E-state index contributed by atoms with van der Waals surface area (Å²) in [6.45, 7) is 4.25. The van der Waals surface area contributed by atoms with Crippen LogP contribution in [0.5, 0.6) is 5.75 Å². The number of anilines is 1. The number of primary amides is 1. The van der Waals surface area contributed by atoms with E-state index in [4.69, 9.17) is 5.73 Å². The Morgan fingerprint density at radius 1 is 1.07 bits per heavy atom. The summed E-state index contributed by atoms with van der Waals surface area (Å²) in [5.74, 6) is -9.00. The summed E-state index contributed by atoms with van der Waals surface area (Å²) >= 11 is 0. The van der Waals surface area contributed by atoms with Crippen molar-refractivity contribution in [3.8, 4) is 5.75 Å². The lowest BCUT2D eigenvalue weighted by atomic mass is 9.54. The molecule has 12 heteroatoms. The van der Waals surface area contributed by atoms with E-state index in [9.17, 15) is 39.9 Å². The van der Waals surface area contributed by atoms with Gasteiger partial charge < -0.3 is 36.6 Å². The Hall–Kier alpha value is -4.23. The second-order valence-corrected chi connectivity index (χ2v) is 13.2. The van der Waals surface area contributed by atoms with Gasteiger partial charge in [0.1, 0.15) is 22.8 Å². The number of piperidine rings is 1. The maximum absolute atomic E-state index is 14.2. The molecule has 0 spiro atoms. The number of ketones is 2. The number of nitrogens with two attached hydrogens (primary N) is 1. The highest BCUT2D eigenvalue weighted by molar-refractivity contribution is 6.24. The van der Waals surface area contributed by atoms with Gasteiger partial charge in [0.15, 0.2) is 11.4 Å². The summed E-state index contributed by atoms with van der Waals surface area (Å²) in [5.41, 5.74) is 3.13. The van der Waals surface area contributed by atoms with E-state index in [0.717, 1.165) is 32.5 Å². The first-order chi connectivity index (χ1) is 21.8. The van der Waals surface area contributed by atoms with Crippen LogP contribution in [0.2, 0.25) is 0 Å². The molecule has 6 atom stereocenters. The highest BCUT2D eigenvalue weighted by Crippen LogP contribution is 2.56. The van der Waals surface area contributed by atoms with E-state index in [2.05, 4.69) is 22.3 Å². The fraction of sp³-hybridized carbons (Fsp3) is 0.441. The summed E-state index contributed by atoms with van der Waals surface area (Å²) < 4.78 is 0. The summed E-state index contributed by atoms with van der Waals surface area (Å²) in [4.78, 5) is 43.5. The summed E-state index contributed by atoms with van der Waals surface area (Å²) in [6.07, 6.45) is -0.00169. The first-order valence-electron chi connectivity index (χ1n) is 15.5. The van der Waals surface area contributed by atoms with E-state index in [1.165, 1.54) is 24.6 Å². The SMILES string of the molecule is C[C@@H]1c2ccc(NC3CCN(Cc4ccccc4)CC3)c(O)c2C(O)=C2C(=O)[C@@]3(O)C(O)=C(C(N)=O)C(=O)[C@H](N(C)C)[C@H]3[C@H](O)[C@H]21. The zero-order chi connectivity index (χ0) is 33.2. The molecule has 1 saturated carbocycles. The van der Waals surface area contributed by atoms with Crippen molar-refractivity contribution in [1.82, 2.24) is 9.80 Å². The van der Waals surface area contributed by atoms with Crippen molar-refractivity contribution in [3.05, 3.63) is 76.1 Å². The molecule has 2 aromatic carbocycles. The van der Waals surface area contributed by atoms with E-state index in [-0.39, 0.29) is 17.4 Å². The van der Waals surface area contributed by atoms with Gasteiger partial charge >= 0.3 is 0 Å². The molecule has 1 heterocycles. The number of amides is 1. The predicted molar refractivity (Wildman–Crippen MR) is 169 cm³/mol. The highest BCUT2D eigenvalue weighted by Gasteiger charge is 2.68. The van der Waals surface area contributed by atoms with Crippen LogP contribution in [0.25, 0.3) is 5.76 Å². The Morgan fingerprint density at radius 3 is 2.33 bits per heavy atom. The monoisotopic (exact) mass is 632 g/mol. The zero-order valence-corrected chi connectivity index (χ0v) is 26.0. The number of aromatic hydroxyl groups is 1. The van der Waals surface area contributed by atoms with Crippen LogP contribution in [-0.4, -0.2) is 104 Å². The van der Waals surface area contributed by atoms with Gasteiger partial charge in [-0.3, -0.25) is 24.2 Å². The number of aliphatic hydroxyl groups is 4. The topological polar surface area (TPSA) is 197 Å². The third-order valence-corrected chi connectivity index (χ3v) is 10.3. The normalized spacial score (nSPS) is 30.3. The second kappa shape index (κ2) is 11.5. The van der Waals surface area contributed by atoms with Gasteiger partial charge in [0.25, 0.3) is 5.91 Å². The lowest BCUT2D eigenvalue weighted by Crippen LogP contribution is -2.70. The van der Waals surface area contributed by atoms with Crippen LogP contribution >= 0.6 is 0 Å². The van der Waals surface area contributed by atoms with Gasteiger partial charge in [0.05, 0.1) is 29.3 Å². The number of fused-ring (bicyclic) bond motifs is 3. The Kier molecular flexibility index (Phi) is 7.96. The predicted octanol–water partition coefficient (Wildman–Crippen LogP) is 1.57. The van der Waals surface area contributed by atoms with Crippen LogP contribution in [0.1, 0.15) is 42.4 Å². The third-order valence-electron chi connectivity index (χ3n) is 10.3. The molecule has 8 N–H and O–H groups in total. The van der Waals surface area contributed by atoms with Crippen molar-refractivity contribution in [2.45, 2.75) is 56.0 Å². The number of Topliss-reactive ketones (excluding diaryl/α,β-unsaturated/α-hetero) is 2. The number of likely N-dealkylation sites (tertiary alicyclic amines) is 1. The van der Waals surface area contributed by atoms with Gasteiger partial charge in [0.2, 0.25) is 5.78 Å². The van der Waals surface area contributed by atoms with Crippen LogP contribution in [0.15, 0.2) is 59.4 Å². The van der Waals surface area contributed by atoms with Crippen molar-refractivity contribution in [3.63, 3.8) is 0 Å². The number of benzene rings is 2. The molecule has 0 radical (unpaired) electrons. The number of rotatable bonds is 6. The summed E-state index contributed by atoms with van der Waals surface area (Å²) in [6, 6.07) is 12.3. The van der Waals surface area contributed by atoms with Gasteiger partial charge in [-0.2, -0.15) is 0 Å². The largest absolute Gasteiger partial charge is 0.508 e. The number of aliphatic hydroxyl groups excluding tert-OH is 3. The number of likely N-dealkylation sites (N-methyl/N-ethyl adjacent to an activating group) is 1. The van der Waals surface area contributed by atoms with Gasteiger partial charge in [-0.05, 0) is 50.0 Å². The molecule has 0 bridgehead atoms. The average Bonchev–Trinajstić information content (AvgIpc) is 3.01. The molecule has 12 nitrogen and oxygen atoms in total. The molecule has 0 aromatic heterocycles. The zero-order valence-electron chi connectivity index (χ0n) is 26.0. The molecule has 2 aromatic rings. The first kappa shape index (κ1) is 31.7. The number of hydrogen-bond acceptors (Lipinski definition) is 11. The van der Waals surface area contributed by atoms with E-state index in [1.54, 1.807) is 19.1 Å². The fourth-order valence-electron chi connectivity index (χ4n) is 8.03. The molecule has 2 fully saturated rings. The molecule has 4 aliphatic rings. The minimum atomic E-state index is -2.94. The van der Waals surface area contributed by atoms with Crippen molar-refractivity contribution in [1.29, 1.82) is 0 Å². The van der Waals surface area contributed by atoms with Crippen molar-refractivity contribution < 1.29 is 39.9 Å². The summed E-state index contributed by atoms with van der Waals surface area (Å²) in [5, 5.41) is 61.2. The Bertz CT molecular complexity index is 1660. The van der Waals surface area contributed by atoms with E-state index in [0.29, 0.717) is 11.3 Å². The van der Waals surface area contributed by atoms with Crippen LogP contribution in [0.4, 0.5) is 5.69 Å². The Morgan fingerprint density at radius 2 is 1.72 bits per heavy atom. The number of nitrogens with one attached hydrogen (secondary N) is 1. The minimum Gasteiger partial charge on any atom is -0.508 e. The van der Waals surface area contributed by atoms with Crippen molar-refractivity contribution in [2.75, 3.05) is 32.5 Å². The number of hydrogen-bond donors (Lipinski definition) is 7. The van der Waals surface area contributed by atoms with Gasteiger partial charge in [-0.25, -0.2) is 0 Å². The van der Waals surface area contributed by atoms with E-state index >= 15 is 0 Å². The molecule has 1 saturated heterocycles. The molecular formula is C34H40N4O8. The molecular weight excluding hydrogens is 592 g/mol.